The number of nitrogens with zero attached hydrogens (tertiary/aromatic N) is 2. The van der Waals surface area contributed by atoms with Gasteiger partial charge in [-0.1, -0.05) is 30.3 Å². The topological polar surface area (TPSA) is 86.8 Å². The molecule has 27 heavy (non-hydrogen) atoms. The third-order valence-electron chi connectivity index (χ3n) is 4.74. The van der Waals surface area contributed by atoms with Crippen molar-refractivity contribution in [2.75, 3.05) is 18.0 Å². The number of imide groups is 1. The highest BCUT2D eigenvalue weighted by molar-refractivity contribution is 6.22. The summed E-state index contributed by atoms with van der Waals surface area (Å²) in [4.78, 5) is 51.8. The van der Waals surface area contributed by atoms with Crippen molar-refractivity contribution < 1.29 is 19.2 Å². The van der Waals surface area contributed by atoms with Gasteiger partial charge in [0.15, 0.2) is 0 Å². The SMILES string of the molecule is O=C(CN1C(=O)c2ccccc2C1=O)N[C@H]1CC(=O)N(c2ccccc2)C1. The van der Waals surface area contributed by atoms with Crippen LogP contribution >= 0.6 is 0 Å². The van der Waals surface area contributed by atoms with E-state index >= 15 is 0 Å². The van der Waals surface area contributed by atoms with Crippen LogP contribution in [0.1, 0.15) is 27.1 Å². The van der Waals surface area contributed by atoms with E-state index in [0.29, 0.717) is 17.7 Å². The maximum absolute atomic E-state index is 12.4. The van der Waals surface area contributed by atoms with Crippen molar-refractivity contribution in [2.45, 2.75) is 12.5 Å². The number of anilines is 1. The molecule has 0 spiro atoms. The second-order valence-corrected chi connectivity index (χ2v) is 6.55. The number of hydrogen-bond donors (Lipinski definition) is 1. The standard InChI is InChI=1S/C20H17N3O4/c24-17(12-23-19(26)15-8-4-5-9-16(15)20(23)27)21-13-10-18(25)22(11-13)14-6-2-1-3-7-14/h1-9,13H,10-12H2,(H,21,24)/t13-/m0/s1. The Hall–Kier alpha value is -3.48. The van der Waals surface area contributed by atoms with Crippen LogP contribution in [0.3, 0.4) is 0 Å². The van der Waals surface area contributed by atoms with Crippen molar-refractivity contribution in [3.05, 3.63) is 65.7 Å². The van der Waals surface area contributed by atoms with Gasteiger partial charge < -0.3 is 10.2 Å². The molecule has 0 aliphatic carbocycles. The first-order chi connectivity index (χ1) is 13.0. The van der Waals surface area contributed by atoms with Gasteiger partial charge in [-0.15, -0.1) is 0 Å². The maximum atomic E-state index is 12.4. The lowest BCUT2D eigenvalue weighted by Crippen LogP contribution is -2.44. The molecule has 0 radical (unpaired) electrons. The van der Waals surface area contributed by atoms with Crippen LogP contribution in [0.25, 0.3) is 0 Å². The fourth-order valence-corrected chi connectivity index (χ4v) is 3.46. The van der Waals surface area contributed by atoms with E-state index in [4.69, 9.17) is 0 Å². The van der Waals surface area contributed by atoms with E-state index in [9.17, 15) is 19.2 Å². The largest absolute Gasteiger partial charge is 0.349 e. The van der Waals surface area contributed by atoms with E-state index in [0.717, 1.165) is 10.6 Å². The van der Waals surface area contributed by atoms with Crippen LogP contribution in [0.15, 0.2) is 54.6 Å². The summed E-state index contributed by atoms with van der Waals surface area (Å²) in [7, 11) is 0. The van der Waals surface area contributed by atoms with Crippen molar-refractivity contribution in [3.63, 3.8) is 0 Å². The van der Waals surface area contributed by atoms with Gasteiger partial charge in [-0.3, -0.25) is 24.1 Å². The van der Waals surface area contributed by atoms with E-state index < -0.39 is 17.7 Å². The Labute approximate surface area is 155 Å². The monoisotopic (exact) mass is 363 g/mol. The fourth-order valence-electron chi connectivity index (χ4n) is 3.46. The Bertz CT molecular complexity index is 906. The van der Waals surface area contributed by atoms with Gasteiger partial charge in [-0.05, 0) is 24.3 Å². The zero-order valence-electron chi connectivity index (χ0n) is 14.4. The zero-order chi connectivity index (χ0) is 19.0. The summed E-state index contributed by atoms with van der Waals surface area (Å²) in [5.41, 5.74) is 1.39. The smallest absolute Gasteiger partial charge is 0.262 e. The molecule has 0 unspecified atom stereocenters. The van der Waals surface area contributed by atoms with E-state index in [1.54, 1.807) is 29.2 Å². The normalized spacial score (nSPS) is 18.8. The maximum Gasteiger partial charge on any atom is 0.262 e. The van der Waals surface area contributed by atoms with Crippen LogP contribution in [0.5, 0.6) is 0 Å². The minimum absolute atomic E-state index is 0.0766. The summed E-state index contributed by atoms with van der Waals surface area (Å²) >= 11 is 0. The summed E-state index contributed by atoms with van der Waals surface area (Å²) in [5.74, 6) is -1.48. The molecule has 4 amide bonds. The lowest BCUT2D eigenvalue weighted by atomic mass is 10.1. The number of fused-ring (bicyclic) bond motifs is 1. The quantitative estimate of drug-likeness (QED) is 0.827. The first kappa shape index (κ1) is 17.0. The number of benzene rings is 2. The van der Waals surface area contributed by atoms with Crippen LogP contribution < -0.4 is 10.2 Å². The Morgan fingerprint density at radius 3 is 2.15 bits per heavy atom. The molecule has 1 saturated heterocycles. The van der Waals surface area contributed by atoms with Gasteiger partial charge in [0.2, 0.25) is 11.8 Å². The highest BCUT2D eigenvalue weighted by Crippen LogP contribution is 2.23. The van der Waals surface area contributed by atoms with Gasteiger partial charge in [-0.25, -0.2) is 0 Å². The van der Waals surface area contributed by atoms with Gasteiger partial charge in [-0.2, -0.15) is 0 Å². The van der Waals surface area contributed by atoms with Crippen LogP contribution in [0.4, 0.5) is 5.69 Å². The number of nitrogens with one attached hydrogen (secondary N) is 1. The number of amides is 4. The van der Waals surface area contributed by atoms with Crippen molar-refractivity contribution in [2.24, 2.45) is 0 Å². The second-order valence-electron chi connectivity index (χ2n) is 6.55. The molecule has 0 saturated carbocycles. The Kier molecular flexibility index (Phi) is 4.19. The van der Waals surface area contributed by atoms with Crippen LogP contribution in [-0.2, 0) is 9.59 Å². The van der Waals surface area contributed by atoms with Gasteiger partial charge in [0.1, 0.15) is 6.54 Å². The summed E-state index contributed by atoms with van der Waals surface area (Å²) in [6.07, 6.45) is 0.183. The van der Waals surface area contributed by atoms with E-state index in [-0.39, 0.29) is 24.9 Å². The number of carbonyl (C=O) groups is 4. The van der Waals surface area contributed by atoms with Gasteiger partial charge in [0.25, 0.3) is 11.8 Å². The van der Waals surface area contributed by atoms with Gasteiger partial charge in [0.05, 0.1) is 17.2 Å². The van der Waals surface area contributed by atoms with Crippen molar-refractivity contribution in [1.82, 2.24) is 10.2 Å². The predicted octanol–water partition coefficient (Wildman–Crippen LogP) is 1.20. The van der Waals surface area contributed by atoms with Crippen LogP contribution in [0, 0.1) is 0 Å². The van der Waals surface area contributed by atoms with Gasteiger partial charge >= 0.3 is 0 Å². The third kappa shape index (κ3) is 3.08. The lowest BCUT2D eigenvalue weighted by molar-refractivity contribution is -0.122. The zero-order valence-corrected chi connectivity index (χ0v) is 14.4. The molecule has 0 aromatic heterocycles. The molecule has 0 bridgehead atoms. The molecule has 7 heteroatoms. The number of carbonyl (C=O) groups excluding carboxylic acids is 4. The summed E-state index contributed by atoms with van der Waals surface area (Å²) in [5, 5.41) is 2.76. The number of para-hydroxylation sites is 1. The van der Waals surface area contributed by atoms with Crippen LogP contribution in [-0.4, -0.2) is 47.7 Å². The fraction of sp³-hybridized carbons (Fsp3) is 0.200. The highest BCUT2D eigenvalue weighted by atomic mass is 16.2. The molecule has 2 aromatic rings. The lowest BCUT2D eigenvalue weighted by Gasteiger charge is -2.18. The molecule has 2 aliphatic heterocycles. The number of hydrogen-bond acceptors (Lipinski definition) is 4. The molecule has 2 heterocycles. The molecular weight excluding hydrogens is 346 g/mol. The van der Waals surface area contributed by atoms with Crippen molar-refractivity contribution in [3.8, 4) is 0 Å². The van der Waals surface area contributed by atoms with E-state index in [2.05, 4.69) is 5.32 Å². The Morgan fingerprint density at radius 1 is 0.926 bits per heavy atom. The molecule has 7 nitrogen and oxygen atoms in total. The molecule has 1 N–H and O–H groups in total. The number of rotatable bonds is 4. The van der Waals surface area contributed by atoms with Gasteiger partial charge in [0, 0.05) is 18.7 Å². The Morgan fingerprint density at radius 2 is 1.52 bits per heavy atom. The van der Waals surface area contributed by atoms with E-state index in [1.807, 2.05) is 30.3 Å². The summed E-state index contributed by atoms with van der Waals surface area (Å²) in [6, 6.07) is 15.4. The Balaban J connectivity index is 1.39. The summed E-state index contributed by atoms with van der Waals surface area (Å²) < 4.78 is 0. The van der Waals surface area contributed by atoms with Crippen molar-refractivity contribution in [1.29, 1.82) is 0 Å². The van der Waals surface area contributed by atoms with Crippen molar-refractivity contribution >= 4 is 29.3 Å². The highest BCUT2D eigenvalue weighted by Gasteiger charge is 2.37. The van der Waals surface area contributed by atoms with E-state index in [1.165, 1.54) is 0 Å². The molecule has 1 atom stereocenters. The average molecular weight is 363 g/mol. The summed E-state index contributed by atoms with van der Waals surface area (Å²) in [6.45, 7) is -0.000913. The molecule has 4 rings (SSSR count). The molecule has 136 valence electrons. The second kappa shape index (κ2) is 6.68. The minimum atomic E-state index is -0.473. The molecule has 2 aliphatic rings. The predicted molar refractivity (Wildman–Crippen MR) is 97.2 cm³/mol. The molecule has 2 aromatic carbocycles. The minimum Gasteiger partial charge on any atom is -0.349 e. The first-order valence-electron chi connectivity index (χ1n) is 8.64. The van der Waals surface area contributed by atoms with Crippen LogP contribution in [0.2, 0.25) is 0 Å². The average Bonchev–Trinajstić information content (AvgIpc) is 3.15. The third-order valence-corrected chi connectivity index (χ3v) is 4.74. The molecule has 1 fully saturated rings. The first-order valence-corrected chi connectivity index (χ1v) is 8.64. The molecular formula is C20H17N3O4.